The van der Waals surface area contributed by atoms with Crippen molar-refractivity contribution < 1.29 is 4.79 Å². The number of H-pyrrole nitrogens is 1. The van der Waals surface area contributed by atoms with Crippen molar-refractivity contribution >= 4 is 5.91 Å². The third kappa shape index (κ3) is 2.59. The quantitative estimate of drug-likeness (QED) is 0.677. The predicted octanol–water partition coefficient (Wildman–Crippen LogP) is 1.01. The number of hydrogen-bond donors (Lipinski definition) is 3. The van der Waals surface area contributed by atoms with E-state index >= 15 is 0 Å². The lowest BCUT2D eigenvalue weighted by Gasteiger charge is -2.26. The van der Waals surface area contributed by atoms with Crippen LogP contribution in [0.25, 0.3) is 0 Å². The molecule has 1 heterocycles. The molecule has 0 aliphatic heterocycles. The van der Waals surface area contributed by atoms with Crippen LogP contribution in [0.4, 0.5) is 0 Å². The Morgan fingerprint density at radius 3 is 2.73 bits per heavy atom. The maximum absolute atomic E-state index is 11.7. The Bertz CT molecular complexity index is 313. The van der Waals surface area contributed by atoms with Crippen LogP contribution in [0.5, 0.6) is 0 Å². The Morgan fingerprint density at radius 1 is 1.40 bits per heavy atom. The van der Waals surface area contributed by atoms with Crippen molar-refractivity contribution in [2.75, 3.05) is 0 Å². The van der Waals surface area contributed by atoms with Gasteiger partial charge in [0.15, 0.2) is 0 Å². The SMILES string of the molecule is NC1CCC(NC(=O)c2ccc[nH]2)CC1. The van der Waals surface area contributed by atoms with Crippen LogP contribution in [0.2, 0.25) is 0 Å². The summed E-state index contributed by atoms with van der Waals surface area (Å²) in [7, 11) is 0. The molecule has 0 atom stereocenters. The van der Waals surface area contributed by atoms with E-state index in [4.69, 9.17) is 5.73 Å². The normalized spacial score (nSPS) is 26.2. The van der Waals surface area contributed by atoms with Gasteiger partial charge in [0.05, 0.1) is 0 Å². The van der Waals surface area contributed by atoms with Crippen LogP contribution in [0.3, 0.4) is 0 Å². The van der Waals surface area contributed by atoms with Gasteiger partial charge in [-0.2, -0.15) is 0 Å². The molecule has 4 heteroatoms. The first-order chi connectivity index (χ1) is 7.25. The maximum atomic E-state index is 11.7. The molecule has 0 unspecified atom stereocenters. The third-order valence-corrected chi connectivity index (χ3v) is 2.95. The second-order valence-corrected chi connectivity index (χ2v) is 4.17. The van der Waals surface area contributed by atoms with Gasteiger partial charge in [-0.1, -0.05) is 0 Å². The number of carbonyl (C=O) groups is 1. The lowest BCUT2D eigenvalue weighted by atomic mass is 9.92. The van der Waals surface area contributed by atoms with Gasteiger partial charge < -0.3 is 16.0 Å². The standard InChI is InChI=1S/C11H17N3O/c12-8-3-5-9(6-4-8)14-11(15)10-2-1-7-13-10/h1-2,7-9,13H,3-6,12H2,(H,14,15). The molecule has 4 nitrogen and oxygen atoms in total. The van der Waals surface area contributed by atoms with Crippen molar-refractivity contribution in [3.63, 3.8) is 0 Å². The molecule has 1 aromatic rings. The predicted molar refractivity (Wildman–Crippen MR) is 58.5 cm³/mol. The van der Waals surface area contributed by atoms with E-state index in [9.17, 15) is 4.79 Å². The molecule has 0 spiro atoms. The lowest BCUT2D eigenvalue weighted by molar-refractivity contribution is 0.0921. The number of hydrogen-bond acceptors (Lipinski definition) is 2. The van der Waals surface area contributed by atoms with Crippen molar-refractivity contribution in [1.82, 2.24) is 10.3 Å². The summed E-state index contributed by atoms with van der Waals surface area (Å²) in [6, 6.07) is 4.22. The number of nitrogens with two attached hydrogens (primary N) is 1. The highest BCUT2D eigenvalue weighted by Crippen LogP contribution is 2.17. The third-order valence-electron chi connectivity index (χ3n) is 2.95. The lowest BCUT2D eigenvalue weighted by Crippen LogP contribution is -2.40. The minimum absolute atomic E-state index is 0.0135. The Balaban J connectivity index is 1.85. The van der Waals surface area contributed by atoms with E-state index in [1.54, 1.807) is 12.3 Å². The molecule has 1 aliphatic carbocycles. The number of rotatable bonds is 2. The maximum Gasteiger partial charge on any atom is 0.267 e. The van der Waals surface area contributed by atoms with Crippen LogP contribution in [0, 0.1) is 0 Å². The van der Waals surface area contributed by atoms with E-state index in [0.29, 0.717) is 17.8 Å². The molecule has 1 amide bonds. The van der Waals surface area contributed by atoms with E-state index in [2.05, 4.69) is 10.3 Å². The van der Waals surface area contributed by atoms with E-state index in [-0.39, 0.29) is 5.91 Å². The molecule has 0 saturated heterocycles. The van der Waals surface area contributed by atoms with Crippen LogP contribution >= 0.6 is 0 Å². The van der Waals surface area contributed by atoms with Gasteiger partial charge in [-0.25, -0.2) is 0 Å². The van der Waals surface area contributed by atoms with Crippen LogP contribution < -0.4 is 11.1 Å². The molecule has 1 saturated carbocycles. The van der Waals surface area contributed by atoms with Gasteiger partial charge >= 0.3 is 0 Å². The summed E-state index contributed by atoms with van der Waals surface area (Å²) in [5, 5.41) is 3.02. The largest absolute Gasteiger partial charge is 0.357 e. The first kappa shape index (κ1) is 10.2. The van der Waals surface area contributed by atoms with E-state index < -0.39 is 0 Å². The highest BCUT2D eigenvalue weighted by atomic mass is 16.1. The number of aromatic nitrogens is 1. The fourth-order valence-electron chi connectivity index (χ4n) is 2.00. The fraction of sp³-hybridized carbons (Fsp3) is 0.545. The van der Waals surface area contributed by atoms with Gasteiger partial charge in [0.2, 0.25) is 0 Å². The first-order valence-corrected chi connectivity index (χ1v) is 5.45. The Labute approximate surface area is 89.2 Å². The molecule has 0 aromatic carbocycles. The van der Waals surface area contributed by atoms with Crippen molar-refractivity contribution in [2.45, 2.75) is 37.8 Å². The molecule has 0 radical (unpaired) electrons. The zero-order valence-electron chi connectivity index (χ0n) is 8.70. The summed E-state index contributed by atoms with van der Waals surface area (Å²) in [6.07, 6.45) is 5.76. The van der Waals surface area contributed by atoms with Crippen molar-refractivity contribution in [3.8, 4) is 0 Å². The van der Waals surface area contributed by atoms with Crippen molar-refractivity contribution in [2.24, 2.45) is 5.73 Å². The van der Waals surface area contributed by atoms with E-state index in [0.717, 1.165) is 25.7 Å². The van der Waals surface area contributed by atoms with Crippen molar-refractivity contribution in [3.05, 3.63) is 24.0 Å². The van der Waals surface area contributed by atoms with Gasteiger partial charge in [-0.05, 0) is 37.8 Å². The Hall–Kier alpha value is -1.29. The Morgan fingerprint density at radius 2 is 2.13 bits per heavy atom. The van der Waals surface area contributed by atoms with Gasteiger partial charge in [-0.3, -0.25) is 4.79 Å². The molecule has 1 fully saturated rings. The summed E-state index contributed by atoms with van der Waals surface area (Å²) in [6.45, 7) is 0. The molecule has 4 N–H and O–H groups in total. The van der Waals surface area contributed by atoms with E-state index in [1.165, 1.54) is 0 Å². The molecule has 2 rings (SSSR count). The summed E-state index contributed by atoms with van der Waals surface area (Å²) in [5.74, 6) is -0.0135. The van der Waals surface area contributed by atoms with Crippen LogP contribution in [-0.2, 0) is 0 Å². The molecular weight excluding hydrogens is 190 g/mol. The number of nitrogens with one attached hydrogen (secondary N) is 2. The zero-order chi connectivity index (χ0) is 10.7. The second-order valence-electron chi connectivity index (χ2n) is 4.17. The molecule has 82 valence electrons. The number of amides is 1. The average molecular weight is 207 g/mol. The molecular formula is C11H17N3O. The number of aromatic amines is 1. The van der Waals surface area contributed by atoms with Crippen molar-refractivity contribution in [1.29, 1.82) is 0 Å². The highest BCUT2D eigenvalue weighted by Gasteiger charge is 2.20. The number of carbonyl (C=O) groups excluding carboxylic acids is 1. The van der Waals surface area contributed by atoms with Gasteiger partial charge in [0.25, 0.3) is 5.91 Å². The zero-order valence-corrected chi connectivity index (χ0v) is 8.70. The van der Waals surface area contributed by atoms with Crippen LogP contribution in [-0.4, -0.2) is 23.0 Å². The van der Waals surface area contributed by atoms with Crippen LogP contribution in [0.1, 0.15) is 36.2 Å². The topological polar surface area (TPSA) is 70.9 Å². The molecule has 0 bridgehead atoms. The average Bonchev–Trinajstić information content (AvgIpc) is 2.74. The Kier molecular flexibility index (Phi) is 3.06. The summed E-state index contributed by atoms with van der Waals surface area (Å²) in [4.78, 5) is 14.6. The van der Waals surface area contributed by atoms with Gasteiger partial charge in [0, 0.05) is 18.3 Å². The minimum Gasteiger partial charge on any atom is -0.357 e. The highest BCUT2D eigenvalue weighted by molar-refractivity contribution is 5.92. The monoisotopic (exact) mass is 207 g/mol. The smallest absolute Gasteiger partial charge is 0.267 e. The van der Waals surface area contributed by atoms with E-state index in [1.807, 2.05) is 6.07 Å². The molecule has 1 aliphatic rings. The van der Waals surface area contributed by atoms with Gasteiger partial charge in [-0.15, -0.1) is 0 Å². The first-order valence-electron chi connectivity index (χ1n) is 5.45. The van der Waals surface area contributed by atoms with Crippen LogP contribution in [0.15, 0.2) is 18.3 Å². The molecule has 1 aromatic heterocycles. The second kappa shape index (κ2) is 4.49. The van der Waals surface area contributed by atoms with Gasteiger partial charge in [0.1, 0.15) is 5.69 Å². The summed E-state index contributed by atoms with van der Waals surface area (Å²) >= 11 is 0. The minimum atomic E-state index is -0.0135. The molecule has 15 heavy (non-hydrogen) atoms. The fourth-order valence-corrected chi connectivity index (χ4v) is 2.00. The summed E-state index contributed by atoms with van der Waals surface area (Å²) < 4.78 is 0. The summed E-state index contributed by atoms with van der Waals surface area (Å²) in [5.41, 5.74) is 6.43.